The molecule has 140 valence electrons. The lowest BCUT2D eigenvalue weighted by atomic mass is 10.3. The quantitative estimate of drug-likeness (QED) is 0.566. The van der Waals surface area contributed by atoms with Crippen LogP contribution in [0.3, 0.4) is 0 Å². The van der Waals surface area contributed by atoms with Crippen LogP contribution in [0.2, 0.25) is 0 Å². The van der Waals surface area contributed by atoms with E-state index in [4.69, 9.17) is 9.47 Å². The molecule has 6 nitrogen and oxygen atoms in total. The number of anilines is 1. The van der Waals surface area contributed by atoms with Crippen molar-refractivity contribution < 1.29 is 14.3 Å². The molecule has 0 spiro atoms. The molecule has 0 saturated carbocycles. The number of nitrogens with zero attached hydrogens (tertiary/aromatic N) is 2. The second-order valence-corrected chi connectivity index (χ2v) is 6.89. The zero-order valence-corrected chi connectivity index (χ0v) is 15.8. The van der Waals surface area contributed by atoms with Crippen LogP contribution in [0.4, 0.5) is 5.13 Å². The summed E-state index contributed by atoms with van der Waals surface area (Å²) in [7, 11) is 0. The Balaban J connectivity index is 1.41. The summed E-state index contributed by atoms with van der Waals surface area (Å²) in [4.78, 5) is 12.2. The minimum atomic E-state index is -0.626. The van der Waals surface area contributed by atoms with Crippen molar-refractivity contribution in [1.82, 2.24) is 10.2 Å². The van der Waals surface area contributed by atoms with E-state index in [9.17, 15) is 4.79 Å². The van der Waals surface area contributed by atoms with Gasteiger partial charge in [-0.2, -0.15) is 0 Å². The SMILES string of the molecule is CC(Oc1ccccc1)C(=O)Nc1nnc(CCCOc2ccccc2)s1. The van der Waals surface area contributed by atoms with Gasteiger partial charge in [0.15, 0.2) is 6.10 Å². The molecule has 0 saturated heterocycles. The molecule has 2 aromatic carbocycles. The van der Waals surface area contributed by atoms with E-state index in [1.807, 2.05) is 60.7 Å². The van der Waals surface area contributed by atoms with Crippen molar-refractivity contribution in [3.8, 4) is 11.5 Å². The number of benzene rings is 2. The zero-order valence-electron chi connectivity index (χ0n) is 15.0. The Hall–Kier alpha value is -2.93. The smallest absolute Gasteiger partial charge is 0.266 e. The second kappa shape index (κ2) is 9.68. The van der Waals surface area contributed by atoms with Crippen LogP contribution in [0.1, 0.15) is 18.4 Å². The first-order valence-corrected chi connectivity index (χ1v) is 9.55. The first kappa shape index (κ1) is 18.8. The van der Waals surface area contributed by atoms with E-state index >= 15 is 0 Å². The molecular formula is C20H21N3O3S. The maximum Gasteiger partial charge on any atom is 0.266 e. The van der Waals surface area contributed by atoms with Crippen molar-refractivity contribution in [3.05, 3.63) is 65.7 Å². The summed E-state index contributed by atoms with van der Waals surface area (Å²) in [6.07, 6.45) is 0.945. The molecule has 1 atom stereocenters. The molecule has 3 aromatic rings. The minimum Gasteiger partial charge on any atom is -0.494 e. The van der Waals surface area contributed by atoms with E-state index in [0.717, 1.165) is 23.6 Å². The number of aromatic nitrogens is 2. The fourth-order valence-electron chi connectivity index (χ4n) is 2.30. The van der Waals surface area contributed by atoms with E-state index in [0.29, 0.717) is 17.5 Å². The topological polar surface area (TPSA) is 73.3 Å². The number of nitrogens with one attached hydrogen (secondary N) is 1. The predicted molar refractivity (Wildman–Crippen MR) is 105 cm³/mol. The van der Waals surface area contributed by atoms with Crippen molar-refractivity contribution >= 4 is 22.4 Å². The standard InChI is InChI=1S/C20H21N3O3S/c1-15(26-17-11-6-3-7-12-17)19(24)21-20-23-22-18(27-20)13-8-14-25-16-9-4-2-5-10-16/h2-7,9-12,15H,8,13-14H2,1H3,(H,21,23,24). The minimum absolute atomic E-state index is 0.256. The predicted octanol–water partition coefficient (Wildman–Crippen LogP) is 3.96. The molecule has 27 heavy (non-hydrogen) atoms. The van der Waals surface area contributed by atoms with Gasteiger partial charge in [-0.1, -0.05) is 47.7 Å². The lowest BCUT2D eigenvalue weighted by molar-refractivity contribution is -0.122. The van der Waals surface area contributed by atoms with Gasteiger partial charge in [-0.3, -0.25) is 10.1 Å². The molecule has 0 fully saturated rings. The summed E-state index contributed by atoms with van der Waals surface area (Å²) in [5.41, 5.74) is 0. The highest BCUT2D eigenvalue weighted by atomic mass is 32.1. The number of carbonyl (C=O) groups excluding carboxylic acids is 1. The third-order valence-electron chi connectivity index (χ3n) is 3.67. The van der Waals surface area contributed by atoms with Gasteiger partial charge >= 0.3 is 0 Å². The zero-order chi connectivity index (χ0) is 18.9. The van der Waals surface area contributed by atoms with E-state index < -0.39 is 6.10 Å². The Labute approximate surface area is 162 Å². The number of hydrogen-bond donors (Lipinski definition) is 1. The highest BCUT2D eigenvalue weighted by Crippen LogP contribution is 2.18. The molecule has 0 aliphatic rings. The normalized spacial score (nSPS) is 11.6. The van der Waals surface area contributed by atoms with Gasteiger partial charge in [-0.25, -0.2) is 0 Å². The van der Waals surface area contributed by atoms with Gasteiger partial charge in [-0.15, -0.1) is 10.2 Å². The fraction of sp³-hybridized carbons (Fsp3) is 0.250. The van der Waals surface area contributed by atoms with Crippen LogP contribution < -0.4 is 14.8 Å². The summed E-state index contributed by atoms with van der Waals surface area (Å²) in [6.45, 7) is 2.30. The molecule has 0 bridgehead atoms. The highest BCUT2D eigenvalue weighted by molar-refractivity contribution is 7.15. The van der Waals surface area contributed by atoms with Crippen molar-refractivity contribution in [2.45, 2.75) is 25.9 Å². The lowest BCUT2D eigenvalue weighted by Crippen LogP contribution is -2.30. The van der Waals surface area contributed by atoms with Gasteiger partial charge in [-0.05, 0) is 37.6 Å². The van der Waals surface area contributed by atoms with Crippen molar-refractivity contribution in [2.24, 2.45) is 0 Å². The average molecular weight is 383 g/mol. The molecule has 7 heteroatoms. The van der Waals surface area contributed by atoms with Crippen LogP contribution >= 0.6 is 11.3 Å². The Kier molecular flexibility index (Phi) is 6.76. The maximum atomic E-state index is 12.2. The van der Waals surface area contributed by atoms with Gasteiger partial charge in [0.1, 0.15) is 16.5 Å². The number of para-hydroxylation sites is 2. The molecule has 1 heterocycles. The van der Waals surface area contributed by atoms with Crippen molar-refractivity contribution in [1.29, 1.82) is 0 Å². The lowest BCUT2D eigenvalue weighted by Gasteiger charge is -2.13. The van der Waals surface area contributed by atoms with Gasteiger partial charge in [0.25, 0.3) is 5.91 Å². The molecular weight excluding hydrogens is 362 g/mol. The summed E-state index contributed by atoms with van der Waals surface area (Å²) in [6, 6.07) is 18.9. The van der Waals surface area contributed by atoms with Gasteiger partial charge in [0, 0.05) is 6.42 Å². The maximum absolute atomic E-state index is 12.2. The number of rotatable bonds is 9. The molecule has 0 aliphatic carbocycles. The number of hydrogen-bond acceptors (Lipinski definition) is 6. The average Bonchev–Trinajstić information content (AvgIpc) is 3.14. The van der Waals surface area contributed by atoms with E-state index in [2.05, 4.69) is 15.5 Å². The molecule has 1 N–H and O–H groups in total. The molecule has 0 aliphatic heterocycles. The summed E-state index contributed by atoms with van der Waals surface area (Å²) in [5.74, 6) is 1.25. The molecule has 3 rings (SSSR count). The third-order valence-corrected chi connectivity index (χ3v) is 4.57. The first-order chi connectivity index (χ1) is 13.2. The van der Waals surface area contributed by atoms with E-state index in [-0.39, 0.29) is 5.91 Å². The van der Waals surface area contributed by atoms with Crippen LogP contribution in [0.25, 0.3) is 0 Å². The highest BCUT2D eigenvalue weighted by Gasteiger charge is 2.16. The Morgan fingerprint density at radius 3 is 2.41 bits per heavy atom. The van der Waals surface area contributed by atoms with Crippen molar-refractivity contribution in [3.63, 3.8) is 0 Å². The number of amides is 1. The van der Waals surface area contributed by atoms with Crippen LogP contribution in [0, 0.1) is 0 Å². The Morgan fingerprint density at radius 2 is 1.70 bits per heavy atom. The molecule has 1 unspecified atom stereocenters. The summed E-state index contributed by atoms with van der Waals surface area (Å²) in [5, 5.41) is 12.2. The summed E-state index contributed by atoms with van der Waals surface area (Å²) >= 11 is 1.37. The number of aryl methyl sites for hydroxylation is 1. The Bertz CT molecular complexity index is 840. The third kappa shape index (κ3) is 6.07. The molecule has 0 radical (unpaired) electrons. The Morgan fingerprint density at radius 1 is 1.04 bits per heavy atom. The molecule has 1 amide bonds. The number of ether oxygens (including phenoxy) is 2. The summed E-state index contributed by atoms with van der Waals surface area (Å²) < 4.78 is 11.3. The van der Waals surface area contributed by atoms with Crippen LogP contribution in [-0.2, 0) is 11.2 Å². The first-order valence-electron chi connectivity index (χ1n) is 8.73. The van der Waals surface area contributed by atoms with Gasteiger partial charge in [0.05, 0.1) is 6.61 Å². The second-order valence-electron chi connectivity index (χ2n) is 5.83. The van der Waals surface area contributed by atoms with Crippen LogP contribution in [0.15, 0.2) is 60.7 Å². The van der Waals surface area contributed by atoms with E-state index in [1.54, 1.807) is 6.92 Å². The monoisotopic (exact) mass is 383 g/mol. The van der Waals surface area contributed by atoms with Crippen molar-refractivity contribution in [2.75, 3.05) is 11.9 Å². The fourth-order valence-corrected chi connectivity index (χ4v) is 3.08. The number of carbonyl (C=O) groups is 1. The largest absolute Gasteiger partial charge is 0.494 e. The molecule has 1 aromatic heterocycles. The van der Waals surface area contributed by atoms with E-state index in [1.165, 1.54) is 11.3 Å². The van der Waals surface area contributed by atoms with Crippen LogP contribution in [-0.4, -0.2) is 28.8 Å². The van der Waals surface area contributed by atoms with Crippen LogP contribution in [0.5, 0.6) is 11.5 Å². The van der Waals surface area contributed by atoms with Gasteiger partial charge < -0.3 is 9.47 Å². The van der Waals surface area contributed by atoms with Gasteiger partial charge in [0.2, 0.25) is 5.13 Å².